The van der Waals surface area contributed by atoms with Crippen molar-refractivity contribution in [1.82, 2.24) is 15.1 Å². The van der Waals surface area contributed by atoms with Gasteiger partial charge in [0.1, 0.15) is 0 Å². The lowest BCUT2D eigenvalue weighted by atomic mass is 9.79. The number of amides is 1. The number of hydrogen-bond acceptors (Lipinski definition) is 4. The maximum Gasteiger partial charge on any atom is 0.407 e. The Kier molecular flexibility index (Phi) is 3.37. The molecule has 1 heterocycles. The van der Waals surface area contributed by atoms with Crippen LogP contribution in [0.1, 0.15) is 30.2 Å². The highest BCUT2D eigenvalue weighted by Gasteiger charge is 2.39. The molecule has 0 aliphatic heterocycles. The van der Waals surface area contributed by atoms with Crippen molar-refractivity contribution < 1.29 is 14.3 Å². The molecule has 0 unspecified atom stereocenters. The van der Waals surface area contributed by atoms with Gasteiger partial charge in [0.2, 0.25) is 12.3 Å². The molecule has 20 heavy (non-hydrogen) atoms. The van der Waals surface area contributed by atoms with Crippen molar-refractivity contribution in [2.24, 2.45) is 0 Å². The van der Waals surface area contributed by atoms with Crippen molar-refractivity contribution in [2.45, 2.75) is 31.3 Å². The number of rotatable bonds is 4. The number of carbonyl (C=O) groups is 1. The van der Waals surface area contributed by atoms with Gasteiger partial charge in [-0.25, -0.2) is 4.79 Å². The van der Waals surface area contributed by atoms with Crippen LogP contribution in [-0.4, -0.2) is 32.3 Å². The predicted molar refractivity (Wildman–Crippen MR) is 70.1 cm³/mol. The Morgan fingerprint density at radius 1 is 1.35 bits per heavy atom. The van der Waals surface area contributed by atoms with E-state index in [0.29, 0.717) is 12.4 Å². The van der Waals surface area contributed by atoms with E-state index in [1.165, 1.54) is 11.3 Å². The van der Waals surface area contributed by atoms with Gasteiger partial charge < -0.3 is 14.4 Å². The largest absolute Gasteiger partial charge is 0.465 e. The maximum atomic E-state index is 11.4. The molecule has 0 atom stereocenters. The summed E-state index contributed by atoms with van der Waals surface area (Å²) in [4.78, 5) is 12.9. The first kappa shape index (κ1) is 12.7. The van der Waals surface area contributed by atoms with Crippen LogP contribution in [0.5, 0.6) is 0 Å². The molecule has 1 saturated carbocycles. The van der Waals surface area contributed by atoms with Gasteiger partial charge in [0, 0.05) is 18.5 Å². The summed E-state index contributed by atoms with van der Waals surface area (Å²) in [5.41, 5.74) is 0.996. The van der Waals surface area contributed by atoms with Crippen LogP contribution in [0.15, 0.2) is 41.1 Å². The van der Waals surface area contributed by atoms with E-state index in [1.54, 1.807) is 0 Å². The lowest BCUT2D eigenvalue weighted by Gasteiger charge is -2.40. The van der Waals surface area contributed by atoms with Crippen LogP contribution in [-0.2, 0) is 6.54 Å². The minimum Gasteiger partial charge on any atom is -0.465 e. The summed E-state index contributed by atoms with van der Waals surface area (Å²) in [6.45, 7) is 0.414. The van der Waals surface area contributed by atoms with Crippen molar-refractivity contribution in [1.29, 1.82) is 0 Å². The second-order valence-corrected chi connectivity index (χ2v) is 5.00. The fourth-order valence-corrected chi connectivity index (χ4v) is 2.54. The van der Waals surface area contributed by atoms with Gasteiger partial charge in [-0.1, -0.05) is 30.3 Å². The molecule has 0 radical (unpaired) electrons. The average Bonchev–Trinajstić information content (AvgIpc) is 2.90. The summed E-state index contributed by atoms with van der Waals surface area (Å²) < 4.78 is 5.16. The maximum absolute atomic E-state index is 11.4. The molecule has 0 bridgehead atoms. The average molecular weight is 273 g/mol. The van der Waals surface area contributed by atoms with E-state index >= 15 is 0 Å². The van der Waals surface area contributed by atoms with Crippen LogP contribution in [0.3, 0.4) is 0 Å². The topological polar surface area (TPSA) is 79.5 Å². The van der Waals surface area contributed by atoms with E-state index in [-0.39, 0.29) is 12.0 Å². The number of aromatic nitrogens is 2. The van der Waals surface area contributed by atoms with Gasteiger partial charge in [0.15, 0.2) is 0 Å². The molecule has 1 aromatic carbocycles. The van der Waals surface area contributed by atoms with Gasteiger partial charge >= 0.3 is 6.09 Å². The molecule has 0 spiro atoms. The van der Waals surface area contributed by atoms with E-state index in [1.807, 2.05) is 30.3 Å². The third-order valence-electron chi connectivity index (χ3n) is 3.72. The first-order valence-corrected chi connectivity index (χ1v) is 6.53. The second kappa shape index (κ2) is 5.32. The fourth-order valence-electron chi connectivity index (χ4n) is 2.54. The highest BCUT2D eigenvalue weighted by atomic mass is 16.4. The molecule has 1 aromatic heterocycles. The molecule has 1 amide bonds. The van der Waals surface area contributed by atoms with Gasteiger partial charge in [0.25, 0.3) is 0 Å². The quantitative estimate of drug-likeness (QED) is 0.925. The zero-order valence-corrected chi connectivity index (χ0v) is 10.8. The zero-order chi connectivity index (χ0) is 13.9. The Morgan fingerprint density at radius 3 is 2.70 bits per heavy atom. The van der Waals surface area contributed by atoms with Gasteiger partial charge in [-0.15, -0.1) is 10.2 Å². The summed E-state index contributed by atoms with van der Waals surface area (Å²) in [7, 11) is 0. The van der Waals surface area contributed by atoms with Gasteiger partial charge in [0.05, 0.1) is 0 Å². The summed E-state index contributed by atoms with van der Waals surface area (Å²) in [6.07, 6.45) is 1.90. The highest BCUT2D eigenvalue weighted by Crippen LogP contribution is 2.39. The Balaban J connectivity index is 1.63. The predicted octanol–water partition coefficient (Wildman–Crippen LogP) is 2.50. The van der Waals surface area contributed by atoms with E-state index in [2.05, 4.69) is 10.2 Å². The van der Waals surface area contributed by atoms with Crippen molar-refractivity contribution in [3.05, 3.63) is 48.2 Å². The summed E-state index contributed by atoms with van der Waals surface area (Å²) in [5, 5.41) is 16.9. The summed E-state index contributed by atoms with van der Waals surface area (Å²) >= 11 is 0. The van der Waals surface area contributed by atoms with Gasteiger partial charge in [-0.2, -0.15) is 0 Å². The normalized spacial score (nSPS) is 21.2. The molecule has 0 saturated heterocycles. The Morgan fingerprint density at radius 2 is 2.10 bits per heavy atom. The number of carboxylic acid groups (broad SMARTS) is 1. The Labute approximate surface area is 116 Å². The monoisotopic (exact) mass is 273 g/mol. The minimum absolute atomic E-state index is 0.0182. The lowest BCUT2D eigenvalue weighted by Crippen LogP contribution is -2.46. The molecule has 1 fully saturated rings. The SMILES string of the molecule is O=C(O)N(Cc1ccccc1)[C@H]1C[C@H](c2nnco2)C1. The lowest BCUT2D eigenvalue weighted by molar-refractivity contribution is 0.0779. The van der Waals surface area contributed by atoms with Crippen molar-refractivity contribution in [3.63, 3.8) is 0 Å². The molecule has 6 heteroatoms. The van der Waals surface area contributed by atoms with Crippen LogP contribution in [0, 0.1) is 0 Å². The number of hydrogen-bond donors (Lipinski definition) is 1. The van der Waals surface area contributed by atoms with Gasteiger partial charge in [-0.3, -0.25) is 0 Å². The highest BCUT2D eigenvalue weighted by molar-refractivity contribution is 5.65. The van der Waals surface area contributed by atoms with Crippen molar-refractivity contribution in [3.8, 4) is 0 Å². The molecular formula is C14H15N3O3. The molecule has 2 aromatic rings. The number of benzene rings is 1. The van der Waals surface area contributed by atoms with Crippen LogP contribution in [0.4, 0.5) is 4.79 Å². The van der Waals surface area contributed by atoms with Gasteiger partial charge in [-0.05, 0) is 18.4 Å². The van der Waals surface area contributed by atoms with Crippen molar-refractivity contribution in [2.75, 3.05) is 0 Å². The molecule has 104 valence electrons. The number of nitrogens with zero attached hydrogens (tertiary/aromatic N) is 3. The van der Waals surface area contributed by atoms with E-state index in [9.17, 15) is 9.90 Å². The Hall–Kier alpha value is -2.37. The fraction of sp³-hybridized carbons (Fsp3) is 0.357. The van der Waals surface area contributed by atoms with Crippen LogP contribution >= 0.6 is 0 Å². The molecule has 3 rings (SSSR count). The van der Waals surface area contributed by atoms with E-state index in [0.717, 1.165) is 18.4 Å². The smallest absolute Gasteiger partial charge is 0.407 e. The first-order chi connectivity index (χ1) is 9.74. The third kappa shape index (κ3) is 2.49. The van der Waals surface area contributed by atoms with Crippen LogP contribution in [0.25, 0.3) is 0 Å². The minimum atomic E-state index is -0.886. The van der Waals surface area contributed by atoms with Crippen molar-refractivity contribution >= 4 is 6.09 Å². The Bertz CT molecular complexity index is 565. The molecule has 6 nitrogen and oxygen atoms in total. The molecule has 1 aliphatic carbocycles. The summed E-state index contributed by atoms with van der Waals surface area (Å²) in [6, 6.07) is 9.64. The van der Waals surface area contributed by atoms with Crippen LogP contribution in [0.2, 0.25) is 0 Å². The van der Waals surface area contributed by atoms with E-state index in [4.69, 9.17) is 4.42 Å². The van der Waals surface area contributed by atoms with E-state index < -0.39 is 6.09 Å². The van der Waals surface area contributed by atoms with Crippen LogP contribution < -0.4 is 0 Å². The third-order valence-corrected chi connectivity index (χ3v) is 3.72. The second-order valence-electron chi connectivity index (χ2n) is 5.00. The molecule has 1 aliphatic rings. The zero-order valence-electron chi connectivity index (χ0n) is 10.8. The molecular weight excluding hydrogens is 258 g/mol. The molecule has 1 N–H and O–H groups in total. The summed E-state index contributed by atoms with van der Waals surface area (Å²) in [5.74, 6) is 0.784. The first-order valence-electron chi connectivity index (χ1n) is 6.53. The standard InChI is InChI=1S/C14H15N3O3/c18-14(19)17(8-10-4-2-1-3-5-10)12-6-11(7-12)13-16-15-9-20-13/h1-5,9,11-12H,6-8H2,(H,18,19)/t11-,12-.